The Hall–Kier alpha value is -3.09. The monoisotopic (exact) mass is 366 g/mol. The fourth-order valence-corrected chi connectivity index (χ4v) is 2.61. The van der Waals surface area contributed by atoms with Gasteiger partial charge in [-0.3, -0.25) is 4.99 Å². The lowest BCUT2D eigenvalue weighted by Crippen LogP contribution is -2.39. The number of hydrogen-bond acceptors (Lipinski definition) is 5. The Morgan fingerprint density at radius 2 is 1.96 bits per heavy atom. The summed E-state index contributed by atoms with van der Waals surface area (Å²) in [4.78, 5) is 8.82. The second-order valence-corrected chi connectivity index (χ2v) is 6.54. The van der Waals surface area contributed by atoms with E-state index in [1.807, 2.05) is 30.3 Å². The van der Waals surface area contributed by atoms with Gasteiger partial charge in [-0.1, -0.05) is 37.2 Å². The van der Waals surface area contributed by atoms with E-state index in [0.29, 0.717) is 25.0 Å². The van der Waals surface area contributed by atoms with Crippen LogP contribution in [0, 0.1) is 0 Å². The molecule has 7 nitrogen and oxygen atoms in total. The van der Waals surface area contributed by atoms with Crippen LogP contribution in [0.5, 0.6) is 0 Å². The van der Waals surface area contributed by atoms with Crippen LogP contribution < -0.4 is 16.0 Å². The molecule has 7 heteroatoms. The Balaban J connectivity index is 1.42. The zero-order valence-corrected chi connectivity index (χ0v) is 16.0. The molecule has 0 saturated carbocycles. The Bertz CT molecular complexity index is 902. The lowest BCUT2D eigenvalue weighted by atomic mass is 10.1. The molecule has 0 spiro atoms. The molecular formula is C20H26N6O. The van der Waals surface area contributed by atoms with Gasteiger partial charge in [-0.2, -0.15) is 0 Å². The molecule has 1 aromatic carbocycles. The van der Waals surface area contributed by atoms with Crippen molar-refractivity contribution in [2.75, 3.05) is 25.5 Å². The first-order valence-electron chi connectivity index (χ1n) is 9.15. The van der Waals surface area contributed by atoms with Gasteiger partial charge in [0.25, 0.3) is 0 Å². The number of benzene rings is 1. The molecule has 0 amide bonds. The maximum atomic E-state index is 5.32. The Morgan fingerprint density at radius 1 is 1.11 bits per heavy atom. The largest absolute Gasteiger partial charge is 0.368 e. The maximum Gasteiger partial charge on any atom is 0.191 e. The van der Waals surface area contributed by atoms with Crippen molar-refractivity contribution in [1.29, 1.82) is 0 Å². The Labute approximate surface area is 159 Å². The number of aliphatic imine (C=N–C) groups is 1. The van der Waals surface area contributed by atoms with E-state index in [4.69, 9.17) is 4.52 Å². The van der Waals surface area contributed by atoms with E-state index in [2.05, 4.69) is 57.1 Å². The van der Waals surface area contributed by atoms with Gasteiger partial charge in [-0.15, -0.1) is 0 Å². The standard InChI is InChI=1S/C20H26N6O/c1-14(2)18-12-16(27-26-18)13-24-20(21-3)23-11-10-22-19-9-8-15-6-4-5-7-17(15)25-19/h4-9,12,14H,10-11,13H2,1-3H3,(H,22,25)(H2,21,23,24). The molecule has 3 rings (SSSR count). The van der Waals surface area contributed by atoms with Crippen molar-refractivity contribution in [2.24, 2.45) is 4.99 Å². The zero-order chi connectivity index (χ0) is 19.1. The minimum Gasteiger partial charge on any atom is -0.368 e. The van der Waals surface area contributed by atoms with Crippen LogP contribution in [0.2, 0.25) is 0 Å². The van der Waals surface area contributed by atoms with Crippen LogP contribution in [0.25, 0.3) is 10.9 Å². The third-order valence-electron chi connectivity index (χ3n) is 4.14. The second kappa shape index (κ2) is 9.02. The highest BCUT2D eigenvalue weighted by molar-refractivity contribution is 5.80. The van der Waals surface area contributed by atoms with Crippen LogP contribution in [0.1, 0.15) is 31.2 Å². The number of nitrogens with zero attached hydrogens (tertiary/aromatic N) is 3. The molecule has 0 radical (unpaired) electrons. The lowest BCUT2D eigenvalue weighted by molar-refractivity contribution is 0.372. The van der Waals surface area contributed by atoms with Gasteiger partial charge in [0.15, 0.2) is 11.7 Å². The van der Waals surface area contributed by atoms with Crippen molar-refractivity contribution in [3.05, 3.63) is 53.9 Å². The highest BCUT2D eigenvalue weighted by atomic mass is 16.5. The summed E-state index contributed by atoms with van der Waals surface area (Å²) >= 11 is 0. The molecule has 0 aliphatic rings. The number of hydrogen-bond donors (Lipinski definition) is 3. The molecule has 3 N–H and O–H groups in total. The molecule has 0 atom stereocenters. The number of rotatable bonds is 7. The predicted molar refractivity (Wildman–Crippen MR) is 109 cm³/mol. The third-order valence-corrected chi connectivity index (χ3v) is 4.14. The number of pyridine rings is 1. The van der Waals surface area contributed by atoms with Gasteiger partial charge in [0.05, 0.1) is 17.8 Å². The fourth-order valence-electron chi connectivity index (χ4n) is 2.61. The quantitative estimate of drug-likeness (QED) is 0.338. The van der Waals surface area contributed by atoms with Gasteiger partial charge in [-0.05, 0) is 24.1 Å². The number of aromatic nitrogens is 2. The van der Waals surface area contributed by atoms with Crippen LogP contribution in [0.15, 0.2) is 52.0 Å². The highest BCUT2D eigenvalue weighted by Gasteiger charge is 2.08. The molecule has 0 bridgehead atoms. The van der Waals surface area contributed by atoms with Crippen molar-refractivity contribution in [1.82, 2.24) is 20.8 Å². The lowest BCUT2D eigenvalue weighted by Gasteiger charge is -2.11. The molecule has 0 aliphatic carbocycles. The summed E-state index contributed by atoms with van der Waals surface area (Å²) in [5.41, 5.74) is 1.95. The van der Waals surface area contributed by atoms with E-state index in [-0.39, 0.29) is 0 Å². The number of para-hydroxylation sites is 1. The molecular weight excluding hydrogens is 340 g/mol. The van der Waals surface area contributed by atoms with Crippen molar-refractivity contribution in [3.8, 4) is 0 Å². The maximum absolute atomic E-state index is 5.32. The number of nitrogens with one attached hydrogen (secondary N) is 3. The van der Waals surface area contributed by atoms with E-state index >= 15 is 0 Å². The van der Waals surface area contributed by atoms with Crippen LogP contribution in [0.3, 0.4) is 0 Å². The SMILES string of the molecule is CN=C(NCCNc1ccc2ccccc2n1)NCc1cc(C(C)C)no1. The molecule has 2 aromatic heterocycles. The molecule has 2 heterocycles. The molecule has 0 fully saturated rings. The van der Waals surface area contributed by atoms with Crippen LogP contribution >= 0.6 is 0 Å². The van der Waals surface area contributed by atoms with Gasteiger partial charge in [-0.25, -0.2) is 4.98 Å². The number of guanidine groups is 1. The van der Waals surface area contributed by atoms with Gasteiger partial charge in [0.1, 0.15) is 5.82 Å². The van der Waals surface area contributed by atoms with E-state index in [9.17, 15) is 0 Å². The third kappa shape index (κ3) is 5.20. The van der Waals surface area contributed by atoms with Crippen molar-refractivity contribution < 1.29 is 4.52 Å². The van der Waals surface area contributed by atoms with Gasteiger partial charge in [0, 0.05) is 31.6 Å². The smallest absolute Gasteiger partial charge is 0.191 e. The predicted octanol–water partition coefficient (Wildman–Crippen LogP) is 3.12. The molecule has 0 unspecified atom stereocenters. The summed E-state index contributed by atoms with van der Waals surface area (Å²) < 4.78 is 5.32. The first kappa shape index (κ1) is 18.7. The highest BCUT2D eigenvalue weighted by Crippen LogP contribution is 2.14. The van der Waals surface area contributed by atoms with Crippen molar-refractivity contribution >= 4 is 22.7 Å². The van der Waals surface area contributed by atoms with Crippen molar-refractivity contribution in [3.63, 3.8) is 0 Å². The van der Waals surface area contributed by atoms with E-state index in [0.717, 1.165) is 34.7 Å². The van der Waals surface area contributed by atoms with Gasteiger partial charge in [0.2, 0.25) is 0 Å². The number of anilines is 1. The van der Waals surface area contributed by atoms with Gasteiger partial charge >= 0.3 is 0 Å². The van der Waals surface area contributed by atoms with Gasteiger partial charge < -0.3 is 20.5 Å². The molecule has 3 aromatic rings. The average Bonchev–Trinajstić information content (AvgIpc) is 3.17. The summed E-state index contributed by atoms with van der Waals surface area (Å²) in [5.74, 6) is 2.72. The Kier molecular flexibility index (Phi) is 6.25. The molecule has 0 aliphatic heterocycles. The van der Waals surface area contributed by atoms with Crippen LogP contribution in [0.4, 0.5) is 5.82 Å². The minimum absolute atomic E-state index is 0.356. The molecule has 27 heavy (non-hydrogen) atoms. The van der Waals surface area contributed by atoms with E-state index < -0.39 is 0 Å². The minimum atomic E-state index is 0.356. The molecule has 0 saturated heterocycles. The summed E-state index contributed by atoms with van der Waals surface area (Å²) in [5, 5.41) is 15.0. The zero-order valence-electron chi connectivity index (χ0n) is 16.0. The summed E-state index contributed by atoms with van der Waals surface area (Å²) in [6, 6.07) is 14.1. The van der Waals surface area contributed by atoms with Crippen LogP contribution in [-0.4, -0.2) is 36.2 Å². The number of fused-ring (bicyclic) bond motifs is 1. The summed E-state index contributed by atoms with van der Waals surface area (Å²) in [6.07, 6.45) is 0. The van der Waals surface area contributed by atoms with Crippen molar-refractivity contribution in [2.45, 2.75) is 26.3 Å². The first-order valence-corrected chi connectivity index (χ1v) is 9.15. The topological polar surface area (TPSA) is 87.4 Å². The Morgan fingerprint density at radius 3 is 2.74 bits per heavy atom. The normalized spacial score (nSPS) is 11.8. The first-order chi connectivity index (χ1) is 13.2. The van der Waals surface area contributed by atoms with Crippen LogP contribution in [-0.2, 0) is 6.54 Å². The second-order valence-electron chi connectivity index (χ2n) is 6.54. The summed E-state index contributed by atoms with van der Waals surface area (Å²) in [7, 11) is 1.74. The van der Waals surface area contributed by atoms with E-state index in [1.165, 1.54) is 0 Å². The average molecular weight is 366 g/mol. The van der Waals surface area contributed by atoms with E-state index in [1.54, 1.807) is 7.05 Å². The molecule has 142 valence electrons. The summed E-state index contributed by atoms with van der Waals surface area (Å²) in [6.45, 7) is 6.16. The fraction of sp³-hybridized carbons (Fsp3) is 0.350.